The van der Waals surface area contributed by atoms with Crippen molar-refractivity contribution in [1.82, 2.24) is 0 Å². The summed E-state index contributed by atoms with van der Waals surface area (Å²) < 4.78 is 0. The minimum atomic E-state index is 0.851. The van der Waals surface area contributed by atoms with Crippen molar-refractivity contribution in [3.63, 3.8) is 0 Å². The molecule has 0 aromatic carbocycles. The molecule has 46 valence electrons. The number of hydrogen-bond acceptors (Lipinski definition) is 0. The molecular weight excluding hydrogens is 96.1 g/mol. The van der Waals surface area contributed by atoms with Crippen molar-refractivity contribution in [2.24, 2.45) is 5.92 Å². The van der Waals surface area contributed by atoms with E-state index in [1.165, 1.54) is 25.7 Å². The fraction of sp³-hybridized carbons (Fsp3) is 0.750. The van der Waals surface area contributed by atoms with Gasteiger partial charge in [-0.15, -0.1) is 0 Å². The molecule has 1 saturated carbocycles. The van der Waals surface area contributed by atoms with E-state index < -0.39 is 0 Å². The lowest BCUT2D eigenvalue weighted by Crippen LogP contribution is -2.04. The predicted molar refractivity (Wildman–Crippen MR) is 36.2 cm³/mol. The van der Waals surface area contributed by atoms with Crippen molar-refractivity contribution < 1.29 is 0 Å². The molecule has 1 aliphatic rings. The summed E-state index contributed by atoms with van der Waals surface area (Å²) in [4.78, 5) is 0. The highest BCUT2D eigenvalue weighted by Gasteiger charge is 2.09. The van der Waals surface area contributed by atoms with Crippen LogP contribution in [0.15, 0.2) is 0 Å². The molecule has 1 atom stereocenters. The van der Waals surface area contributed by atoms with Gasteiger partial charge in [-0.3, -0.25) is 0 Å². The first-order chi connectivity index (χ1) is 3.93. The third-order valence-electron chi connectivity index (χ3n) is 1.90. The lowest BCUT2D eigenvalue weighted by atomic mass is 9.88. The molecule has 0 heteroatoms. The first kappa shape index (κ1) is 6.12. The summed E-state index contributed by atoms with van der Waals surface area (Å²) >= 11 is 0. The maximum absolute atomic E-state index is 3.88. The second kappa shape index (κ2) is 3.11. The standard InChI is InChI=1S/C8H14/c1-2-8-6-4-3-5-7-8/h6,8H,1-5,7H2. The predicted octanol–water partition coefficient (Wildman–Crippen LogP) is 2.61. The van der Waals surface area contributed by atoms with Crippen molar-refractivity contribution in [3.05, 3.63) is 13.3 Å². The zero-order chi connectivity index (χ0) is 5.82. The van der Waals surface area contributed by atoms with Crippen LogP contribution in [-0.4, -0.2) is 0 Å². The molecule has 2 radical (unpaired) electrons. The van der Waals surface area contributed by atoms with Crippen LogP contribution >= 0.6 is 0 Å². The van der Waals surface area contributed by atoms with Gasteiger partial charge >= 0.3 is 0 Å². The molecular formula is C8H14. The van der Waals surface area contributed by atoms with Crippen LogP contribution in [0.5, 0.6) is 0 Å². The summed E-state index contributed by atoms with van der Waals surface area (Å²) in [6, 6.07) is 0. The Morgan fingerprint density at radius 3 is 2.75 bits per heavy atom. The summed E-state index contributed by atoms with van der Waals surface area (Å²) in [5.41, 5.74) is 0. The molecule has 0 N–H and O–H groups in total. The fourth-order valence-corrected chi connectivity index (χ4v) is 1.28. The summed E-state index contributed by atoms with van der Waals surface area (Å²) in [6.45, 7) is 3.88. The van der Waals surface area contributed by atoms with Crippen LogP contribution in [0.2, 0.25) is 0 Å². The molecule has 8 heavy (non-hydrogen) atoms. The van der Waals surface area contributed by atoms with Gasteiger partial charge in [-0.25, -0.2) is 0 Å². The Hall–Kier alpha value is 0. The molecule has 0 nitrogen and oxygen atoms in total. The smallest absolute Gasteiger partial charge is 0.0355 e. The Bertz CT molecular complexity index is 51.1. The molecule has 1 fully saturated rings. The van der Waals surface area contributed by atoms with E-state index in [1.807, 2.05) is 0 Å². The molecule has 0 heterocycles. The van der Waals surface area contributed by atoms with Gasteiger partial charge in [0.05, 0.1) is 0 Å². The van der Waals surface area contributed by atoms with E-state index in [9.17, 15) is 0 Å². The van der Waals surface area contributed by atoms with E-state index in [-0.39, 0.29) is 0 Å². The fourth-order valence-electron chi connectivity index (χ4n) is 1.28. The van der Waals surface area contributed by atoms with Crippen LogP contribution in [0.4, 0.5) is 0 Å². The average Bonchev–Trinajstić information content (AvgIpc) is 1.90. The van der Waals surface area contributed by atoms with Crippen molar-refractivity contribution in [2.75, 3.05) is 0 Å². The van der Waals surface area contributed by atoms with Gasteiger partial charge in [0.15, 0.2) is 0 Å². The normalized spacial score (nSPS) is 23.6. The van der Waals surface area contributed by atoms with E-state index in [0.29, 0.717) is 0 Å². The van der Waals surface area contributed by atoms with E-state index in [2.05, 4.69) is 13.3 Å². The Balaban J connectivity index is 2.13. The SMILES string of the molecule is [CH2]CC1[CH]CCCC1. The van der Waals surface area contributed by atoms with Gasteiger partial charge in [0.25, 0.3) is 0 Å². The van der Waals surface area contributed by atoms with E-state index in [4.69, 9.17) is 0 Å². The Labute approximate surface area is 52.3 Å². The van der Waals surface area contributed by atoms with Crippen molar-refractivity contribution in [2.45, 2.75) is 32.1 Å². The molecule has 0 spiro atoms. The van der Waals surface area contributed by atoms with Gasteiger partial charge in [-0.05, 0) is 18.8 Å². The summed E-state index contributed by atoms with van der Waals surface area (Å²) in [5.74, 6) is 0.851. The molecule has 0 saturated heterocycles. The van der Waals surface area contributed by atoms with Crippen LogP contribution < -0.4 is 0 Å². The molecule has 0 aromatic rings. The average molecular weight is 110 g/mol. The minimum absolute atomic E-state index is 0.851. The van der Waals surface area contributed by atoms with Crippen molar-refractivity contribution >= 4 is 0 Å². The van der Waals surface area contributed by atoms with E-state index in [0.717, 1.165) is 12.3 Å². The van der Waals surface area contributed by atoms with Crippen LogP contribution in [0.25, 0.3) is 0 Å². The van der Waals surface area contributed by atoms with Gasteiger partial charge < -0.3 is 0 Å². The van der Waals surface area contributed by atoms with Crippen molar-refractivity contribution in [1.29, 1.82) is 0 Å². The molecule has 0 aliphatic heterocycles. The highest BCUT2D eigenvalue weighted by molar-refractivity contribution is 4.80. The zero-order valence-corrected chi connectivity index (χ0v) is 5.40. The monoisotopic (exact) mass is 110 g/mol. The molecule has 1 aliphatic carbocycles. The van der Waals surface area contributed by atoms with Gasteiger partial charge in [-0.1, -0.05) is 32.6 Å². The second-order valence-electron chi connectivity index (χ2n) is 2.57. The van der Waals surface area contributed by atoms with Crippen LogP contribution in [0.3, 0.4) is 0 Å². The first-order valence-corrected chi connectivity index (χ1v) is 3.56. The van der Waals surface area contributed by atoms with Gasteiger partial charge in [0, 0.05) is 0 Å². The van der Waals surface area contributed by atoms with Crippen LogP contribution in [-0.2, 0) is 0 Å². The van der Waals surface area contributed by atoms with E-state index >= 15 is 0 Å². The number of rotatable bonds is 1. The first-order valence-electron chi connectivity index (χ1n) is 3.56. The maximum atomic E-state index is 3.88. The Morgan fingerprint density at radius 2 is 2.38 bits per heavy atom. The topological polar surface area (TPSA) is 0 Å². The largest absolute Gasteiger partial charge is 0.0530 e. The molecule has 0 aromatic heterocycles. The summed E-state index contributed by atoms with van der Waals surface area (Å²) in [5, 5.41) is 0. The van der Waals surface area contributed by atoms with E-state index in [1.54, 1.807) is 0 Å². The summed E-state index contributed by atoms with van der Waals surface area (Å²) in [7, 11) is 0. The molecule has 1 rings (SSSR count). The Kier molecular flexibility index (Phi) is 2.38. The number of hydrogen-bond donors (Lipinski definition) is 0. The highest BCUT2D eigenvalue weighted by Crippen LogP contribution is 2.24. The molecule has 0 amide bonds. The molecule has 1 unspecified atom stereocenters. The van der Waals surface area contributed by atoms with Crippen LogP contribution in [0.1, 0.15) is 32.1 Å². The van der Waals surface area contributed by atoms with Crippen molar-refractivity contribution in [3.8, 4) is 0 Å². The zero-order valence-electron chi connectivity index (χ0n) is 5.40. The third-order valence-corrected chi connectivity index (χ3v) is 1.90. The maximum Gasteiger partial charge on any atom is -0.0355 e. The Morgan fingerprint density at radius 1 is 1.50 bits per heavy atom. The molecule has 0 bridgehead atoms. The lowest BCUT2D eigenvalue weighted by Gasteiger charge is -2.18. The van der Waals surface area contributed by atoms with Gasteiger partial charge in [-0.2, -0.15) is 0 Å². The highest BCUT2D eigenvalue weighted by atomic mass is 14.2. The van der Waals surface area contributed by atoms with Crippen LogP contribution in [0, 0.1) is 19.3 Å². The minimum Gasteiger partial charge on any atom is -0.0530 e. The second-order valence-corrected chi connectivity index (χ2v) is 2.57. The third kappa shape index (κ3) is 1.50. The quantitative estimate of drug-likeness (QED) is 0.486. The van der Waals surface area contributed by atoms with Gasteiger partial charge in [0.1, 0.15) is 0 Å². The van der Waals surface area contributed by atoms with Gasteiger partial charge in [0.2, 0.25) is 0 Å². The summed E-state index contributed by atoms with van der Waals surface area (Å²) in [6.07, 6.45) is 9.10. The lowest BCUT2D eigenvalue weighted by molar-refractivity contribution is 0.448.